The van der Waals surface area contributed by atoms with E-state index < -0.39 is 0 Å². The van der Waals surface area contributed by atoms with Crippen LogP contribution in [0.25, 0.3) is 0 Å². The molecule has 0 aromatic rings. The summed E-state index contributed by atoms with van der Waals surface area (Å²) in [6.45, 7) is 2.63. The normalized spacial score (nSPS) is 29.6. The molecule has 0 aromatic heterocycles. The van der Waals surface area contributed by atoms with Gasteiger partial charge in [-0.1, -0.05) is 0 Å². The Hall–Kier alpha value is -1.24. The highest BCUT2D eigenvalue weighted by atomic mass is 16.1. The third-order valence-electron chi connectivity index (χ3n) is 2.01. The van der Waals surface area contributed by atoms with E-state index in [-0.39, 0.29) is 12.1 Å². The fraction of sp³-hybridized carbons (Fsp3) is 0.714. The van der Waals surface area contributed by atoms with Gasteiger partial charge < -0.3 is 10.2 Å². The molecule has 2 unspecified atom stereocenters. The molecule has 1 saturated heterocycles. The summed E-state index contributed by atoms with van der Waals surface area (Å²) in [6, 6.07) is 0.416. The lowest BCUT2D eigenvalue weighted by molar-refractivity contribution is -0.110. The van der Waals surface area contributed by atoms with Gasteiger partial charge in [0.25, 0.3) is 0 Å². The number of nitrogens with zero attached hydrogens (tertiary/aromatic N) is 2. The van der Waals surface area contributed by atoms with Crippen LogP contribution in [-0.4, -0.2) is 29.9 Å². The third kappa shape index (κ3) is 1.61. The maximum absolute atomic E-state index is 10.0. The summed E-state index contributed by atoms with van der Waals surface area (Å²) in [5.74, 6) is 0. The van der Waals surface area contributed by atoms with Crippen LogP contribution < -0.4 is 5.32 Å². The Labute approximate surface area is 65.8 Å². The van der Waals surface area contributed by atoms with E-state index in [1.54, 1.807) is 4.90 Å². The van der Waals surface area contributed by atoms with Crippen LogP contribution in [0, 0.1) is 11.5 Å². The Kier molecular flexibility index (Phi) is 2.32. The van der Waals surface area contributed by atoms with Gasteiger partial charge in [0.15, 0.2) is 6.19 Å². The van der Waals surface area contributed by atoms with E-state index in [9.17, 15) is 4.79 Å². The summed E-state index contributed by atoms with van der Waals surface area (Å²) in [4.78, 5) is 11.7. The lowest BCUT2D eigenvalue weighted by Crippen LogP contribution is -2.30. The number of amides is 1. The van der Waals surface area contributed by atoms with E-state index >= 15 is 0 Å². The standard InChI is InChI=1S/C7H11N3O/c1-6-2-7(9-5-11)3-10(6)4-8/h5-7H,2-3H2,1H3,(H,9,11). The van der Waals surface area contributed by atoms with Gasteiger partial charge in [0.1, 0.15) is 0 Å². The number of hydrogen-bond acceptors (Lipinski definition) is 3. The summed E-state index contributed by atoms with van der Waals surface area (Å²) >= 11 is 0. The lowest BCUT2D eigenvalue weighted by atomic mass is 10.2. The van der Waals surface area contributed by atoms with E-state index in [0.29, 0.717) is 13.0 Å². The molecule has 1 amide bonds. The fourth-order valence-electron chi connectivity index (χ4n) is 1.39. The molecule has 0 spiro atoms. The van der Waals surface area contributed by atoms with Gasteiger partial charge in [0, 0.05) is 18.6 Å². The molecule has 4 nitrogen and oxygen atoms in total. The van der Waals surface area contributed by atoms with Crippen LogP contribution in [0.2, 0.25) is 0 Å². The van der Waals surface area contributed by atoms with Crippen LogP contribution in [0.3, 0.4) is 0 Å². The van der Waals surface area contributed by atoms with Crippen molar-refractivity contribution in [3.63, 3.8) is 0 Å². The van der Waals surface area contributed by atoms with Crippen molar-refractivity contribution < 1.29 is 4.79 Å². The van der Waals surface area contributed by atoms with Crippen LogP contribution in [0.4, 0.5) is 0 Å². The summed E-state index contributed by atoms with van der Waals surface area (Å²) in [5, 5.41) is 11.2. The summed E-state index contributed by atoms with van der Waals surface area (Å²) in [6.07, 6.45) is 3.64. The molecule has 1 aliphatic rings. The van der Waals surface area contributed by atoms with E-state index in [0.717, 1.165) is 6.42 Å². The zero-order chi connectivity index (χ0) is 8.27. The summed E-state index contributed by atoms with van der Waals surface area (Å²) in [5.41, 5.74) is 0. The molecule has 1 aliphatic heterocycles. The van der Waals surface area contributed by atoms with Gasteiger partial charge in [0.05, 0.1) is 0 Å². The molecular weight excluding hydrogens is 142 g/mol. The smallest absolute Gasteiger partial charge is 0.207 e. The van der Waals surface area contributed by atoms with Gasteiger partial charge in [-0.2, -0.15) is 5.26 Å². The zero-order valence-corrected chi connectivity index (χ0v) is 6.45. The third-order valence-corrected chi connectivity index (χ3v) is 2.01. The number of nitriles is 1. The topological polar surface area (TPSA) is 56.1 Å². The Morgan fingerprint density at radius 1 is 1.82 bits per heavy atom. The SMILES string of the molecule is CC1CC(NC=O)CN1C#N. The molecule has 0 bridgehead atoms. The monoisotopic (exact) mass is 153 g/mol. The highest BCUT2D eigenvalue weighted by Gasteiger charge is 2.27. The molecule has 1 fully saturated rings. The van der Waals surface area contributed by atoms with Crippen molar-refractivity contribution in [3.8, 4) is 6.19 Å². The van der Waals surface area contributed by atoms with Gasteiger partial charge in [-0.25, -0.2) is 0 Å². The Balaban J connectivity index is 2.44. The highest BCUT2D eigenvalue weighted by Crippen LogP contribution is 2.15. The first-order valence-electron chi connectivity index (χ1n) is 3.64. The van der Waals surface area contributed by atoms with Crippen molar-refractivity contribution in [2.75, 3.05) is 6.54 Å². The molecule has 0 aromatic carbocycles. The Morgan fingerprint density at radius 3 is 3.00 bits per heavy atom. The molecule has 11 heavy (non-hydrogen) atoms. The molecule has 1 rings (SSSR count). The first-order valence-corrected chi connectivity index (χ1v) is 3.64. The lowest BCUT2D eigenvalue weighted by Gasteiger charge is -2.10. The molecule has 1 N–H and O–H groups in total. The largest absolute Gasteiger partial charge is 0.354 e. The quantitative estimate of drug-likeness (QED) is 0.437. The molecular formula is C7H11N3O. The number of carbonyl (C=O) groups excluding carboxylic acids is 1. The maximum atomic E-state index is 10.0. The van der Waals surface area contributed by atoms with Crippen LogP contribution in [0.1, 0.15) is 13.3 Å². The molecule has 0 aliphatic carbocycles. The van der Waals surface area contributed by atoms with Crippen molar-refractivity contribution in [3.05, 3.63) is 0 Å². The average molecular weight is 153 g/mol. The van der Waals surface area contributed by atoms with E-state index in [2.05, 4.69) is 11.5 Å². The number of rotatable bonds is 2. The number of carbonyl (C=O) groups is 1. The minimum atomic E-state index is 0.155. The van der Waals surface area contributed by atoms with Gasteiger partial charge in [-0.3, -0.25) is 4.79 Å². The number of likely N-dealkylation sites (tertiary alicyclic amines) is 1. The van der Waals surface area contributed by atoms with Crippen molar-refractivity contribution in [2.24, 2.45) is 0 Å². The van der Waals surface area contributed by atoms with Gasteiger partial charge in [0.2, 0.25) is 6.41 Å². The Morgan fingerprint density at radius 2 is 2.55 bits per heavy atom. The number of hydrogen-bond donors (Lipinski definition) is 1. The molecule has 60 valence electrons. The van der Waals surface area contributed by atoms with E-state index in [1.807, 2.05) is 6.92 Å². The van der Waals surface area contributed by atoms with Crippen LogP contribution in [0.5, 0.6) is 0 Å². The van der Waals surface area contributed by atoms with Crippen LogP contribution in [0.15, 0.2) is 0 Å². The molecule has 1 heterocycles. The summed E-state index contributed by atoms with van der Waals surface area (Å²) < 4.78 is 0. The molecule has 2 atom stereocenters. The maximum Gasteiger partial charge on any atom is 0.207 e. The first kappa shape index (κ1) is 7.86. The van der Waals surface area contributed by atoms with Gasteiger partial charge in [-0.15, -0.1) is 0 Å². The Bertz CT molecular complexity index is 187. The van der Waals surface area contributed by atoms with Crippen molar-refractivity contribution in [1.29, 1.82) is 5.26 Å². The van der Waals surface area contributed by atoms with Crippen molar-refractivity contribution in [2.45, 2.75) is 25.4 Å². The van der Waals surface area contributed by atoms with Crippen LogP contribution >= 0.6 is 0 Å². The predicted molar refractivity (Wildman–Crippen MR) is 39.4 cm³/mol. The second-order valence-electron chi connectivity index (χ2n) is 2.82. The molecule has 0 saturated carbocycles. The first-order chi connectivity index (χ1) is 5.27. The molecule has 4 heteroatoms. The summed E-state index contributed by atoms with van der Waals surface area (Å²) in [7, 11) is 0. The van der Waals surface area contributed by atoms with Crippen LogP contribution in [-0.2, 0) is 4.79 Å². The number of nitrogens with one attached hydrogen (secondary N) is 1. The predicted octanol–water partition coefficient (Wildman–Crippen LogP) is -0.324. The zero-order valence-electron chi connectivity index (χ0n) is 6.45. The highest BCUT2D eigenvalue weighted by molar-refractivity contribution is 5.46. The minimum absolute atomic E-state index is 0.155. The minimum Gasteiger partial charge on any atom is -0.354 e. The van der Waals surface area contributed by atoms with Gasteiger partial charge >= 0.3 is 0 Å². The van der Waals surface area contributed by atoms with Crippen molar-refractivity contribution >= 4 is 6.41 Å². The molecule has 0 radical (unpaired) electrons. The van der Waals surface area contributed by atoms with Gasteiger partial charge in [-0.05, 0) is 13.3 Å². The van der Waals surface area contributed by atoms with Crippen molar-refractivity contribution in [1.82, 2.24) is 10.2 Å². The second kappa shape index (κ2) is 3.24. The average Bonchev–Trinajstić information content (AvgIpc) is 2.32. The van der Waals surface area contributed by atoms with E-state index in [4.69, 9.17) is 5.26 Å². The second-order valence-corrected chi connectivity index (χ2v) is 2.82. The fourth-order valence-corrected chi connectivity index (χ4v) is 1.39. The van der Waals surface area contributed by atoms with E-state index in [1.165, 1.54) is 0 Å².